The molecule has 0 radical (unpaired) electrons. The Bertz CT molecular complexity index is 222. The Morgan fingerprint density at radius 3 is 2.20 bits per heavy atom. The van der Waals surface area contributed by atoms with E-state index in [9.17, 15) is 0 Å². The van der Waals surface area contributed by atoms with E-state index in [2.05, 4.69) is 0 Å². The van der Waals surface area contributed by atoms with Crippen molar-refractivity contribution in [3.05, 3.63) is 21.9 Å². The second-order valence-electron chi connectivity index (χ2n) is 2.30. The van der Waals surface area contributed by atoms with E-state index in [1.54, 1.807) is 18.3 Å². The molecule has 0 nitrogen and oxygen atoms in total. The van der Waals surface area contributed by atoms with Gasteiger partial charge in [-0.2, -0.15) is 0 Å². The summed E-state index contributed by atoms with van der Waals surface area (Å²) in [5.74, 6) is 0. The molecule has 0 fully saturated rings. The normalized spacial score (nSPS) is 12.0. The molecule has 0 aromatic carbocycles. The summed E-state index contributed by atoms with van der Waals surface area (Å²) >= 11 is 13.3. The molecule has 0 aliphatic rings. The molecule has 3 heteroatoms. The smallest absolute Gasteiger partial charge is 0.143 e. The number of halogens is 2. The van der Waals surface area contributed by atoms with E-state index in [-0.39, 0.29) is 0 Å². The van der Waals surface area contributed by atoms with Gasteiger partial charge in [-0.1, -0.05) is 23.2 Å². The number of rotatable bonds is 1. The van der Waals surface area contributed by atoms with Crippen molar-refractivity contribution in [2.75, 3.05) is 0 Å². The van der Waals surface area contributed by atoms with Crippen LogP contribution < -0.4 is 0 Å². The van der Waals surface area contributed by atoms with E-state index in [0.717, 1.165) is 4.88 Å². The predicted molar refractivity (Wildman–Crippen MR) is 48.1 cm³/mol. The van der Waals surface area contributed by atoms with E-state index in [4.69, 9.17) is 23.2 Å². The number of alkyl halides is 2. The monoisotopic (exact) mass is 194 g/mol. The molecule has 0 saturated heterocycles. The Kier molecular flexibility index (Phi) is 2.28. The molecule has 0 saturated carbocycles. The van der Waals surface area contributed by atoms with Crippen molar-refractivity contribution < 1.29 is 0 Å². The molecular formula is C7H8Cl2S. The molecule has 0 aliphatic heterocycles. The van der Waals surface area contributed by atoms with Gasteiger partial charge in [0.05, 0.1) is 0 Å². The van der Waals surface area contributed by atoms with Gasteiger partial charge in [0.1, 0.15) is 4.33 Å². The fraction of sp³-hybridized carbons (Fsp3) is 0.429. The first-order valence-electron chi connectivity index (χ1n) is 2.95. The number of aryl methyl sites for hydroxylation is 1. The molecular weight excluding hydrogens is 187 g/mol. The lowest BCUT2D eigenvalue weighted by Gasteiger charge is -2.08. The largest absolute Gasteiger partial charge is 0.149 e. The minimum Gasteiger partial charge on any atom is -0.143 e. The summed E-state index contributed by atoms with van der Waals surface area (Å²) in [6, 6.07) is 3.98. The van der Waals surface area contributed by atoms with Gasteiger partial charge in [-0.15, -0.1) is 11.3 Å². The van der Waals surface area contributed by atoms with Crippen molar-refractivity contribution in [3.63, 3.8) is 0 Å². The molecule has 1 heterocycles. The van der Waals surface area contributed by atoms with E-state index >= 15 is 0 Å². The summed E-state index contributed by atoms with van der Waals surface area (Å²) < 4.78 is -0.723. The van der Waals surface area contributed by atoms with Crippen LogP contribution in [0.1, 0.15) is 16.7 Å². The molecule has 0 aliphatic carbocycles. The van der Waals surface area contributed by atoms with Crippen LogP contribution in [0.15, 0.2) is 12.1 Å². The highest BCUT2D eigenvalue weighted by molar-refractivity contribution is 7.12. The SMILES string of the molecule is Cc1ccc(C(C)(Cl)Cl)s1. The quantitative estimate of drug-likeness (QED) is 0.599. The maximum atomic E-state index is 5.85. The van der Waals surface area contributed by atoms with Gasteiger partial charge in [-0.3, -0.25) is 0 Å². The lowest BCUT2D eigenvalue weighted by atomic mass is 10.3. The van der Waals surface area contributed by atoms with E-state index in [1.807, 2.05) is 19.1 Å². The third kappa shape index (κ3) is 1.88. The second-order valence-corrected chi connectivity index (χ2v) is 5.29. The number of hydrogen-bond donors (Lipinski definition) is 0. The fourth-order valence-corrected chi connectivity index (χ4v) is 1.83. The maximum absolute atomic E-state index is 5.85. The van der Waals surface area contributed by atoms with Crippen LogP contribution in [0.25, 0.3) is 0 Å². The summed E-state index contributed by atoms with van der Waals surface area (Å²) in [5, 5.41) is 0. The first-order valence-corrected chi connectivity index (χ1v) is 4.52. The molecule has 56 valence electrons. The Labute approximate surface area is 74.8 Å². The van der Waals surface area contributed by atoms with Crippen molar-refractivity contribution in [1.29, 1.82) is 0 Å². The zero-order valence-electron chi connectivity index (χ0n) is 5.82. The average molecular weight is 195 g/mol. The third-order valence-corrected chi connectivity index (χ3v) is 3.03. The highest BCUT2D eigenvalue weighted by Gasteiger charge is 2.20. The van der Waals surface area contributed by atoms with Crippen LogP contribution in [-0.4, -0.2) is 0 Å². The molecule has 1 aromatic rings. The van der Waals surface area contributed by atoms with Gasteiger partial charge in [-0.05, 0) is 26.0 Å². The van der Waals surface area contributed by atoms with Crippen molar-refractivity contribution >= 4 is 34.5 Å². The summed E-state index contributed by atoms with van der Waals surface area (Å²) in [6.45, 7) is 3.81. The van der Waals surface area contributed by atoms with Gasteiger partial charge in [0, 0.05) is 9.75 Å². The van der Waals surface area contributed by atoms with Crippen LogP contribution in [-0.2, 0) is 4.33 Å². The average Bonchev–Trinajstić information content (AvgIpc) is 2.11. The van der Waals surface area contributed by atoms with Gasteiger partial charge >= 0.3 is 0 Å². The number of hydrogen-bond acceptors (Lipinski definition) is 1. The third-order valence-electron chi connectivity index (χ3n) is 1.17. The fourth-order valence-electron chi connectivity index (χ4n) is 0.670. The lowest BCUT2D eigenvalue weighted by Crippen LogP contribution is -1.98. The summed E-state index contributed by atoms with van der Waals surface area (Å²) in [6.07, 6.45) is 0. The van der Waals surface area contributed by atoms with Gasteiger partial charge < -0.3 is 0 Å². The van der Waals surface area contributed by atoms with E-state index < -0.39 is 4.33 Å². The van der Waals surface area contributed by atoms with Gasteiger partial charge in [0.25, 0.3) is 0 Å². The van der Waals surface area contributed by atoms with Crippen molar-refractivity contribution in [2.45, 2.75) is 18.2 Å². The van der Waals surface area contributed by atoms with E-state index in [1.165, 1.54) is 4.88 Å². The Hall–Kier alpha value is 0.280. The molecule has 1 aromatic heterocycles. The summed E-state index contributed by atoms with van der Waals surface area (Å²) in [5.41, 5.74) is 0. The first kappa shape index (κ1) is 8.38. The van der Waals surface area contributed by atoms with Crippen LogP contribution in [0.3, 0.4) is 0 Å². The second kappa shape index (κ2) is 2.72. The molecule has 0 amide bonds. The van der Waals surface area contributed by atoms with Crippen LogP contribution in [0.5, 0.6) is 0 Å². The predicted octanol–water partition coefficient (Wildman–Crippen LogP) is 3.71. The summed E-state index contributed by atoms with van der Waals surface area (Å²) in [4.78, 5) is 2.25. The van der Waals surface area contributed by atoms with Crippen molar-refractivity contribution in [2.24, 2.45) is 0 Å². The van der Waals surface area contributed by atoms with Crippen LogP contribution in [0.4, 0.5) is 0 Å². The molecule has 10 heavy (non-hydrogen) atoms. The topological polar surface area (TPSA) is 0 Å². The number of thiophene rings is 1. The molecule has 0 unspecified atom stereocenters. The van der Waals surface area contributed by atoms with Crippen molar-refractivity contribution in [1.82, 2.24) is 0 Å². The molecule has 0 N–H and O–H groups in total. The molecule has 0 bridgehead atoms. The molecule has 1 rings (SSSR count). The van der Waals surface area contributed by atoms with E-state index in [0.29, 0.717) is 0 Å². The van der Waals surface area contributed by atoms with Crippen molar-refractivity contribution in [3.8, 4) is 0 Å². The minimum absolute atomic E-state index is 0.723. The molecule has 0 atom stereocenters. The maximum Gasteiger partial charge on any atom is 0.149 e. The van der Waals surface area contributed by atoms with Crippen LogP contribution in [0, 0.1) is 6.92 Å². The van der Waals surface area contributed by atoms with Crippen LogP contribution >= 0.6 is 34.5 Å². The Morgan fingerprint density at radius 2 is 2.00 bits per heavy atom. The minimum atomic E-state index is -0.723. The Balaban J connectivity index is 2.96. The highest BCUT2D eigenvalue weighted by Crippen LogP contribution is 2.37. The first-order chi connectivity index (χ1) is 4.50. The zero-order valence-corrected chi connectivity index (χ0v) is 8.15. The zero-order chi connectivity index (χ0) is 7.78. The van der Waals surface area contributed by atoms with Gasteiger partial charge in [0.15, 0.2) is 0 Å². The standard InChI is InChI=1S/C7H8Cl2S/c1-5-3-4-6(10-5)7(2,8)9/h3-4H,1-2H3. The van der Waals surface area contributed by atoms with Crippen LogP contribution in [0.2, 0.25) is 0 Å². The highest BCUT2D eigenvalue weighted by atomic mass is 35.5. The van der Waals surface area contributed by atoms with Gasteiger partial charge in [-0.25, -0.2) is 0 Å². The van der Waals surface area contributed by atoms with Gasteiger partial charge in [0.2, 0.25) is 0 Å². The lowest BCUT2D eigenvalue weighted by molar-refractivity contribution is 1.01. The summed E-state index contributed by atoms with van der Waals surface area (Å²) in [7, 11) is 0. The Morgan fingerprint density at radius 1 is 1.40 bits per heavy atom. The molecule has 0 spiro atoms.